The van der Waals surface area contributed by atoms with Crippen molar-refractivity contribution in [3.8, 4) is 0 Å². The third-order valence-corrected chi connectivity index (χ3v) is 0.982. The number of hydrazine groups is 1. The van der Waals surface area contributed by atoms with Crippen LogP contribution in [0.5, 0.6) is 0 Å². The van der Waals surface area contributed by atoms with Crippen LogP contribution in [0.4, 0.5) is 0 Å². The topological polar surface area (TPSA) is 38.8 Å². The molecule has 0 aromatic carbocycles. The predicted octanol–water partition coefficient (Wildman–Crippen LogP) is 0.604. The zero-order valence-corrected chi connectivity index (χ0v) is 6.13. The molecule has 56 valence electrons. The maximum atomic E-state index is 10.5. The fourth-order valence-corrected chi connectivity index (χ4v) is 0.545. The molecule has 0 spiro atoms. The summed E-state index contributed by atoms with van der Waals surface area (Å²) in [4.78, 5) is 4.37. The Morgan fingerprint density at radius 1 is 1.56 bits per heavy atom. The molecule has 0 atom stereocenters. The van der Waals surface area contributed by atoms with Crippen molar-refractivity contribution in [1.29, 1.82) is 0 Å². The van der Waals surface area contributed by atoms with Gasteiger partial charge in [-0.05, 0) is 6.42 Å². The average molecular weight is 133 g/mol. The van der Waals surface area contributed by atoms with E-state index in [4.69, 9.17) is 0 Å². The van der Waals surface area contributed by atoms with Gasteiger partial charge in [0.2, 0.25) is 0 Å². The van der Waals surface area contributed by atoms with Crippen LogP contribution in [0, 0.1) is 5.21 Å². The van der Waals surface area contributed by atoms with Crippen LogP contribution < -0.4 is 0 Å². The van der Waals surface area contributed by atoms with Crippen molar-refractivity contribution >= 4 is 0 Å². The number of rotatable bonds is 4. The molecule has 0 saturated heterocycles. The molecule has 0 radical (unpaired) electrons. The monoisotopic (exact) mass is 133 g/mol. The molecule has 0 fully saturated rings. The molecule has 0 bridgehead atoms. The molecule has 0 aliphatic carbocycles. The SMILES string of the molecule is CCCN(C)N([O-])OC. The lowest BCUT2D eigenvalue weighted by molar-refractivity contribution is -0.220. The van der Waals surface area contributed by atoms with Gasteiger partial charge in [0.1, 0.15) is 0 Å². The molecule has 0 rings (SSSR count). The third kappa shape index (κ3) is 3.42. The Bertz CT molecular complexity index is 70.0. The predicted molar refractivity (Wildman–Crippen MR) is 35.1 cm³/mol. The van der Waals surface area contributed by atoms with Crippen LogP contribution in [0.1, 0.15) is 13.3 Å². The summed E-state index contributed by atoms with van der Waals surface area (Å²) in [6.45, 7) is 2.72. The molecule has 0 unspecified atom stereocenters. The minimum atomic E-state index is 0.462. The molecule has 0 aliphatic heterocycles. The molecule has 0 aromatic heterocycles. The highest BCUT2D eigenvalue weighted by Crippen LogP contribution is 1.91. The summed E-state index contributed by atoms with van der Waals surface area (Å²) >= 11 is 0. The van der Waals surface area contributed by atoms with Gasteiger partial charge < -0.3 is 5.21 Å². The van der Waals surface area contributed by atoms with E-state index in [1.165, 1.54) is 12.1 Å². The quantitative estimate of drug-likeness (QED) is 0.526. The van der Waals surface area contributed by atoms with Gasteiger partial charge >= 0.3 is 0 Å². The van der Waals surface area contributed by atoms with Crippen molar-refractivity contribution in [2.45, 2.75) is 13.3 Å². The molecular weight excluding hydrogens is 120 g/mol. The summed E-state index contributed by atoms with van der Waals surface area (Å²) in [7, 11) is 3.03. The Labute approximate surface area is 55.5 Å². The molecule has 0 amide bonds. The van der Waals surface area contributed by atoms with E-state index in [0.717, 1.165) is 13.0 Å². The van der Waals surface area contributed by atoms with E-state index in [1.807, 2.05) is 6.92 Å². The summed E-state index contributed by atoms with van der Waals surface area (Å²) in [6, 6.07) is 0. The first-order valence-electron chi connectivity index (χ1n) is 2.94. The minimum absolute atomic E-state index is 0.462. The van der Waals surface area contributed by atoms with Gasteiger partial charge in [0.15, 0.2) is 0 Å². The molecular formula is C5H13N2O2-. The van der Waals surface area contributed by atoms with Gasteiger partial charge in [-0.25, -0.2) is 5.01 Å². The van der Waals surface area contributed by atoms with Crippen LogP contribution in [0.25, 0.3) is 0 Å². The van der Waals surface area contributed by atoms with Gasteiger partial charge in [-0.1, -0.05) is 6.92 Å². The molecule has 0 N–H and O–H groups in total. The Morgan fingerprint density at radius 2 is 2.11 bits per heavy atom. The zero-order valence-electron chi connectivity index (χ0n) is 6.13. The van der Waals surface area contributed by atoms with Crippen molar-refractivity contribution in [2.24, 2.45) is 0 Å². The molecule has 4 nitrogen and oxygen atoms in total. The Balaban J connectivity index is 3.32. The highest BCUT2D eigenvalue weighted by atomic mass is 16.9. The molecule has 0 aromatic rings. The second-order valence-electron chi connectivity index (χ2n) is 1.80. The van der Waals surface area contributed by atoms with Gasteiger partial charge in [-0.15, -0.1) is 0 Å². The van der Waals surface area contributed by atoms with Gasteiger partial charge in [0, 0.05) is 13.6 Å². The summed E-state index contributed by atoms with van der Waals surface area (Å²) in [5.41, 5.74) is 0. The van der Waals surface area contributed by atoms with Crippen molar-refractivity contribution in [3.63, 3.8) is 0 Å². The van der Waals surface area contributed by atoms with Gasteiger partial charge in [0.25, 0.3) is 0 Å². The fourth-order valence-electron chi connectivity index (χ4n) is 0.545. The first kappa shape index (κ1) is 8.84. The lowest BCUT2D eigenvalue weighted by Crippen LogP contribution is -2.34. The Kier molecular flexibility index (Phi) is 4.61. The number of nitrogens with zero attached hydrogens (tertiary/aromatic N) is 2. The smallest absolute Gasteiger partial charge is 0.0579 e. The maximum absolute atomic E-state index is 10.5. The van der Waals surface area contributed by atoms with E-state index in [-0.39, 0.29) is 0 Å². The molecule has 0 aliphatic rings. The largest absolute Gasteiger partial charge is 0.748 e. The Morgan fingerprint density at radius 3 is 2.44 bits per heavy atom. The molecule has 0 heterocycles. The first-order chi connectivity index (χ1) is 4.22. The lowest BCUT2D eigenvalue weighted by Gasteiger charge is -2.33. The zero-order chi connectivity index (χ0) is 7.28. The summed E-state index contributed by atoms with van der Waals surface area (Å²) in [6.07, 6.45) is 0.943. The van der Waals surface area contributed by atoms with Crippen LogP contribution in [-0.2, 0) is 4.84 Å². The highest BCUT2D eigenvalue weighted by Gasteiger charge is 1.94. The van der Waals surface area contributed by atoms with E-state index >= 15 is 0 Å². The minimum Gasteiger partial charge on any atom is -0.748 e. The van der Waals surface area contributed by atoms with Crippen molar-refractivity contribution in [2.75, 3.05) is 20.7 Å². The summed E-state index contributed by atoms with van der Waals surface area (Å²) in [5.74, 6) is 0. The fraction of sp³-hybridized carbons (Fsp3) is 1.00. The molecule has 9 heavy (non-hydrogen) atoms. The van der Waals surface area contributed by atoms with Crippen LogP contribution in [0.3, 0.4) is 0 Å². The summed E-state index contributed by atoms with van der Waals surface area (Å²) < 4.78 is 0. The van der Waals surface area contributed by atoms with Crippen molar-refractivity contribution in [3.05, 3.63) is 5.21 Å². The van der Waals surface area contributed by atoms with Gasteiger partial charge in [-0.2, -0.15) is 5.34 Å². The van der Waals surface area contributed by atoms with E-state index in [1.54, 1.807) is 7.05 Å². The highest BCUT2D eigenvalue weighted by molar-refractivity contribution is 4.40. The Hall–Kier alpha value is -0.160. The average Bonchev–Trinajstić information content (AvgIpc) is 1.87. The van der Waals surface area contributed by atoms with E-state index in [2.05, 4.69) is 4.84 Å². The summed E-state index contributed by atoms with van der Waals surface area (Å²) in [5, 5.41) is 12.4. The van der Waals surface area contributed by atoms with E-state index in [0.29, 0.717) is 5.34 Å². The molecule has 4 heteroatoms. The second-order valence-corrected chi connectivity index (χ2v) is 1.80. The van der Waals surface area contributed by atoms with Crippen LogP contribution in [0.15, 0.2) is 0 Å². The van der Waals surface area contributed by atoms with Crippen LogP contribution in [-0.4, -0.2) is 31.0 Å². The normalized spacial score (nSPS) is 11.3. The first-order valence-corrected chi connectivity index (χ1v) is 2.94. The number of hydrogen-bond donors (Lipinski definition) is 0. The lowest BCUT2D eigenvalue weighted by atomic mass is 10.5. The van der Waals surface area contributed by atoms with E-state index < -0.39 is 0 Å². The van der Waals surface area contributed by atoms with Crippen LogP contribution in [0.2, 0.25) is 0 Å². The number of hydrogen-bond acceptors (Lipinski definition) is 4. The second kappa shape index (κ2) is 4.69. The maximum Gasteiger partial charge on any atom is 0.0579 e. The standard InChI is InChI=1S/C5H13N2O2/c1-4-5-6(2)7(8)9-3/h4-5H2,1-3H3/q-1. The van der Waals surface area contributed by atoms with Gasteiger partial charge in [0.05, 0.1) is 7.11 Å². The van der Waals surface area contributed by atoms with Crippen molar-refractivity contribution < 1.29 is 4.84 Å². The van der Waals surface area contributed by atoms with Gasteiger partial charge in [-0.3, -0.25) is 4.84 Å². The third-order valence-electron chi connectivity index (χ3n) is 0.982. The van der Waals surface area contributed by atoms with Crippen molar-refractivity contribution in [1.82, 2.24) is 10.3 Å². The molecule has 0 saturated carbocycles. The van der Waals surface area contributed by atoms with E-state index in [9.17, 15) is 5.21 Å². The van der Waals surface area contributed by atoms with Crippen LogP contribution >= 0.6 is 0 Å².